The van der Waals surface area contributed by atoms with Gasteiger partial charge in [-0.2, -0.15) is 0 Å². The lowest BCUT2D eigenvalue weighted by atomic mass is 10.0. The van der Waals surface area contributed by atoms with Gasteiger partial charge in [0.25, 0.3) is 0 Å². The first-order chi connectivity index (χ1) is 21.8. The average molecular weight is 607 g/mol. The van der Waals surface area contributed by atoms with Crippen molar-refractivity contribution in [1.29, 1.82) is 0 Å². The third-order valence-electron chi connectivity index (χ3n) is 9.66. The molecule has 0 aromatic carbocycles. The standard InChI is InChI=1S/C42H74N2/c1-3-5-7-9-11-13-15-17-19-21-23-25-27-29-35-43-37-31-41(32-38-43)42-33-39-44(40-34-42)36-30-28-26-24-22-20-18-16-14-12-10-8-6-4-2/h31-34,37-40H,3-30,35-36H2,1-2H3. The lowest BCUT2D eigenvalue weighted by Gasteiger charge is -2.22. The summed E-state index contributed by atoms with van der Waals surface area (Å²) in [5.74, 6) is 0. The van der Waals surface area contributed by atoms with Crippen LogP contribution >= 0.6 is 0 Å². The first-order valence-corrected chi connectivity index (χ1v) is 19.8. The van der Waals surface area contributed by atoms with Crippen LogP contribution in [0.3, 0.4) is 0 Å². The third kappa shape index (κ3) is 21.1. The Balaban J connectivity index is 1.40. The van der Waals surface area contributed by atoms with Crippen molar-refractivity contribution >= 4 is 0 Å². The molecule has 0 bridgehead atoms. The Hall–Kier alpha value is -1.70. The molecule has 0 atom stereocenters. The number of nitrogens with zero attached hydrogens (tertiary/aromatic N) is 2. The minimum Gasteiger partial charge on any atom is -0.354 e. The highest BCUT2D eigenvalue weighted by molar-refractivity contribution is 5.48. The number of hydrogen-bond donors (Lipinski definition) is 0. The second-order valence-corrected chi connectivity index (χ2v) is 13.8. The van der Waals surface area contributed by atoms with E-state index in [0.717, 1.165) is 13.1 Å². The van der Waals surface area contributed by atoms with E-state index in [4.69, 9.17) is 0 Å². The third-order valence-corrected chi connectivity index (χ3v) is 9.66. The summed E-state index contributed by atoms with van der Waals surface area (Å²) >= 11 is 0. The summed E-state index contributed by atoms with van der Waals surface area (Å²) in [6, 6.07) is 0. The van der Waals surface area contributed by atoms with E-state index in [0.29, 0.717) is 0 Å². The van der Waals surface area contributed by atoms with Gasteiger partial charge in [-0.1, -0.05) is 181 Å². The molecule has 0 amide bonds. The molecule has 0 saturated carbocycles. The van der Waals surface area contributed by atoms with Crippen LogP contribution in [0, 0.1) is 0 Å². The Kier molecular flexibility index (Phi) is 25.1. The Morgan fingerprint density at radius 2 is 0.500 bits per heavy atom. The largest absolute Gasteiger partial charge is 0.354 e. The van der Waals surface area contributed by atoms with Gasteiger partial charge in [0, 0.05) is 37.9 Å². The molecule has 0 saturated heterocycles. The molecule has 0 N–H and O–H groups in total. The molecule has 0 aromatic heterocycles. The summed E-state index contributed by atoms with van der Waals surface area (Å²) in [5.41, 5.74) is 2.65. The van der Waals surface area contributed by atoms with Crippen molar-refractivity contribution in [2.75, 3.05) is 13.1 Å². The van der Waals surface area contributed by atoms with Crippen molar-refractivity contribution in [2.45, 2.75) is 194 Å². The highest BCUT2D eigenvalue weighted by Gasteiger charge is 2.07. The maximum atomic E-state index is 2.36. The van der Waals surface area contributed by atoms with Gasteiger partial charge in [-0.05, 0) is 48.3 Å². The Bertz CT molecular complexity index is 703. The lowest BCUT2D eigenvalue weighted by molar-refractivity contribution is 0.459. The highest BCUT2D eigenvalue weighted by Crippen LogP contribution is 2.21. The lowest BCUT2D eigenvalue weighted by Crippen LogP contribution is -2.15. The molecule has 252 valence electrons. The SMILES string of the molecule is CCCCCCCCCCCCCCCCN1C=CC(=C2C=CN(CCCCCCCCCCCCCCCC)C=C2)C=C1. The molecular weight excluding hydrogens is 532 g/mol. The van der Waals surface area contributed by atoms with Gasteiger partial charge < -0.3 is 9.80 Å². The second-order valence-electron chi connectivity index (χ2n) is 13.8. The zero-order valence-corrected chi connectivity index (χ0v) is 29.7. The Morgan fingerprint density at radius 3 is 0.727 bits per heavy atom. The van der Waals surface area contributed by atoms with E-state index in [1.165, 1.54) is 191 Å². The van der Waals surface area contributed by atoms with Crippen molar-refractivity contribution in [1.82, 2.24) is 9.80 Å². The molecule has 0 aliphatic carbocycles. The van der Waals surface area contributed by atoms with Crippen LogP contribution in [0.5, 0.6) is 0 Å². The van der Waals surface area contributed by atoms with Crippen molar-refractivity contribution in [3.63, 3.8) is 0 Å². The minimum absolute atomic E-state index is 1.15. The highest BCUT2D eigenvalue weighted by atomic mass is 15.1. The number of rotatable bonds is 30. The van der Waals surface area contributed by atoms with Gasteiger partial charge in [0.1, 0.15) is 0 Å². The quantitative estimate of drug-likeness (QED) is 0.0750. The van der Waals surface area contributed by atoms with Crippen LogP contribution in [-0.4, -0.2) is 22.9 Å². The summed E-state index contributed by atoms with van der Waals surface area (Å²) in [5, 5.41) is 0. The molecule has 0 fully saturated rings. The molecule has 2 nitrogen and oxygen atoms in total. The van der Waals surface area contributed by atoms with Crippen LogP contribution in [-0.2, 0) is 0 Å². The first kappa shape index (κ1) is 38.5. The smallest absolute Gasteiger partial charge is 0.0219 e. The van der Waals surface area contributed by atoms with Crippen LogP contribution < -0.4 is 0 Å². The van der Waals surface area contributed by atoms with Gasteiger partial charge in [0.2, 0.25) is 0 Å². The van der Waals surface area contributed by atoms with Gasteiger partial charge in [0.05, 0.1) is 0 Å². The fourth-order valence-corrected chi connectivity index (χ4v) is 6.58. The summed E-state index contributed by atoms with van der Waals surface area (Å²) in [6.07, 6.45) is 58.1. The number of allylic oxidation sites excluding steroid dienone is 6. The average Bonchev–Trinajstić information content (AvgIpc) is 3.05. The van der Waals surface area contributed by atoms with Gasteiger partial charge in [-0.15, -0.1) is 0 Å². The minimum atomic E-state index is 1.15. The second kappa shape index (κ2) is 28.8. The summed E-state index contributed by atoms with van der Waals surface area (Å²) in [4.78, 5) is 4.73. The molecule has 44 heavy (non-hydrogen) atoms. The fraction of sp³-hybridized carbons (Fsp3) is 0.762. The Morgan fingerprint density at radius 1 is 0.295 bits per heavy atom. The van der Waals surface area contributed by atoms with Crippen LogP contribution in [0.25, 0.3) is 0 Å². The van der Waals surface area contributed by atoms with Crippen LogP contribution in [0.4, 0.5) is 0 Å². The molecule has 0 unspecified atom stereocenters. The number of unbranched alkanes of at least 4 members (excludes halogenated alkanes) is 26. The van der Waals surface area contributed by atoms with Gasteiger partial charge in [-0.25, -0.2) is 0 Å². The molecule has 0 aromatic rings. The van der Waals surface area contributed by atoms with Crippen LogP contribution in [0.1, 0.15) is 194 Å². The van der Waals surface area contributed by atoms with Crippen LogP contribution in [0.2, 0.25) is 0 Å². The summed E-state index contributed by atoms with van der Waals surface area (Å²) in [7, 11) is 0. The van der Waals surface area contributed by atoms with Crippen molar-refractivity contribution < 1.29 is 0 Å². The first-order valence-electron chi connectivity index (χ1n) is 19.8. The van der Waals surface area contributed by atoms with Crippen molar-refractivity contribution in [3.8, 4) is 0 Å². The van der Waals surface area contributed by atoms with Crippen molar-refractivity contribution in [2.24, 2.45) is 0 Å². The van der Waals surface area contributed by atoms with Crippen molar-refractivity contribution in [3.05, 3.63) is 60.3 Å². The topological polar surface area (TPSA) is 6.48 Å². The summed E-state index contributed by atoms with van der Waals surface area (Å²) in [6.45, 7) is 6.89. The van der Waals surface area contributed by atoms with E-state index in [-0.39, 0.29) is 0 Å². The maximum absolute atomic E-state index is 2.36. The molecule has 0 spiro atoms. The molecule has 2 rings (SSSR count). The van der Waals surface area contributed by atoms with E-state index >= 15 is 0 Å². The normalized spacial score (nSPS) is 14.5. The van der Waals surface area contributed by atoms with E-state index in [2.05, 4.69) is 72.8 Å². The zero-order chi connectivity index (χ0) is 31.2. The zero-order valence-electron chi connectivity index (χ0n) is 29.7. The van der Waals surface area contributed by atoms with Crippen LogP contribution in [0.15, 0.2) is 60.3 Å². The molecule has 2 aliphatic rings. The van der Waals surface area contributed by atoms with Gasteiger partial charge in [0.15, 0.2) is 0 Å². The maximum Gasteiger partial charge on any atom is 0.0219 e. The van der Waals surface area contributed by atoms with Gasteiger partial charge >= 0.3 is 0 Å². The van der Waals surface area contributed by atoms with E-state index < -0.39 is 0 Å². The predicted molar refractivity (Wildman–Crippen MR) is 198 cm³/mol. The monoisotopic (exact) mass is 607 g/mol. The predicted octanol–water partition coefficient (Wildman–Crippen LogP) is 13.9. The molecule has 2 heterocycles. The van der Waals surface area contributed by atoms with E-state index in [1.54, 1.807) is 0 Å². The van der Waals surface area contributed by atoms with E-state index in [1.807, 2.05) is 0 Å². The number of hydrogen-bond acceptors (Lipinski definition) is 2. The van der Waals surface area contributed by atoms with Gasteiger partial charge in [-0.3, -0.25) is 0 Å². The van der Waals surface area contributed by atoms with E-state index in [9.17, 15) is 0 Å². The fourth-order valence-electron chi connectivity index (χ4n) is 6.58. The Labute approximate surface area is 276 Å². The molecule has 0 radical (unpaired) electrons. The molecular formula is C42H74N2. The summed E-state index contributed by atoms with van der Waals surface area (Å²) < 4.78 is 0. The molecule has 2 heteroatoms. The molecule has 2 aliphatic heterocycles.